The Kier molecular flexibility index (Phi) is 4.51. The highest BCUT2D eigenvalue weighted by atomic mass is 16.4. The molecule has 0 fully saturated rings. The molecule has 0 aliphatic rings. The van der Waals surface area contributed by atoms with E-state index in [1.807, 2.05) is 30.3 Å². The number of benzene rings is 1. The van der Waals surface area contributed by atoms with Gasteiger partial charge in [-0.2, -0.15) is 0 Å². The first-order valence-corrected chi connectivity index (χ1v) is 5.14. The molecule has 0 saturated heterocycles. The topological polar surface area (TPSA) is 80.4 Å². The maximum absolute atomic E-state index is 11.0. The van der Waals surface area contributed by atoms with E-state index in [-0.39, 0.29) is 6.42 Å². The lowest BCUT2D eigenvalue weighted by atomic mass is 9.95. The summed E-state index contributed by atoms with van der Waals surface area (Å²) >= 11 is 0. The zero-order valence-corrected chi connectivity index (χ0v) is 8.93. The van der Waals surface area contributed by atoms with E-state index in [9.17, 15) is 9.59 Å². The van der Waals surface area contributed by atoms with Crippen LogP contribution in [0.15, 0.2) is 30.3 Å². The molecule has 0 aromatic heterocycles. The van der Waals surface area contributed by atoms with Crippen LogP contribution >= 0.6 is 0 Å². The standard InChI is InChI=1S/C12H15NO3/c13-11(14)7-6-10(12(15)16)8-9-4-2-1-3-5-9/h1-5,10H,6-8H2,(H2,13,14)(H,15,16). The zero-order chi connectivity index (χ0) is 12.0. The van der Waals surface area contributed by atoms with Crippen molar-refractivity contribution in [3.05, 3.63) is 35.9 Å². The van der Waals surface area contributed by atoms with E-state index in [2.05, 4.69) is 0 Å². The second-order valence-electron chi connectivity index (χ2n) is 3.73. The Bertz CT molecular complexity index is 362. The Labute approximate surface area is 94.1 Å². The number of hydrogen-bond donors (Lipinski definition) is 2. The molecule has 3 N–H and O–H groups in total. The van der Waals surface area contributed by atoms with Gasteiger partial charge in [0.25, 0.3) is 0 Å². The molecule has 4 heteroatoms. The van der Waals surface area contributed by atoms with E-state index in [4.69, 9.17) is 10.8 Å². The quantitative estimate of drug-likeness (QED) is 0.757. The largest absolute Gasteiger partial charge is 0.481 e. The van der Waals surface area contributed by atoms with Crippen LogP contribution in [-0.2, 0) is 16.0 Å². The molecule has 0 aliphatic heterocycles. The van der Waals surface area contributed by atoms with Gasteiger partial charge >= 0.3 is 5.97 Å². The van der Waals surface area contributed by atoms with Crippen molar-refractivity contribution in [1.82, 2.24) is 0 Å². The summed E-state index contributed by atoms with van der Waals surface area (Å²) in [6.45, 7) is 0. The number of nitrogens with two attached hydrogens (primary N) is 1. The third kappa shape index (κ3) is 4.13. The lowest BCUT2D eigenvalue weighted by molar-refractivity contribution is -0.142. The molecule has 1 unspecified atom stereocenters. The summed E-state index contributed by atoms with van der Waals surface area (Å²) in [6, 6.07) is 9.35. The molecule has 4 nitrogen and oxygen atoms in total. The number of primary amides is 1. The number of carbonyl (C=O) groups is 2. The van der Waals surface area contributed by atoms with Gasteiger partial charge in [0.05, 0.1) is 5.92 Å². The second kappa shape index (κ2) is 5.90. The fraction of sp³-hybridized carbons (Fsp3) is 0.333. The van der Waals surface area contributed by atoms with Crippen molar-refractivity contribution >= 4 is 11.9 Å². The van der Waals surface area contributed by atoms with Crippen molar-refractivity contribution in [3.63, 3.8) is 0 Å². The predicted octanol–water partition coefficient (Wildman–Crippen LogP) is 1.20. The van der Waals surface area contributed by atoms with Crippen LogP contribution < -0.4 is 5.73 Å². The molecule has 0 saturated carbocycles. The first-order valence-electron chi connectivity index (χ1n) is 5.14. The van der Waals surface area contributed by atoms with Gasteiger partial charge in [-0.05, 0) is 18.4 Å². The van der Waals surface area contributed by atoms with Crippen LogP contribution in [-0.4, -0.2) is 17.0 Å². The van der Waals surface area contributed by atoms with Crippen molar-refractivity contribution in [3.8, 4) is 0 Å². The minimum atomic E-state index is -0.884. The van der Waals surface area contributed by atoms with E-state index in [1.54, 1.807) is 0 Å². The molecule has 1 aromatic carbocycles. The van der Waals surface area contributed by atoms with Crippen molar-refractivity contribution in [2.75, 3.05) is 0 Å². The van der Waals surface area contributed by atoms with Crippen molar-refractivity contribution in [2.45, 2.75) is 19.3 Å². The molecule has 0 radical (unpaired) electrons. The Morgan fingerprint density at radius 3 is 2.38 bits per heavy atom. The van der Waals surface area contributed by atoms with E-state index < -0.39 is 17.8 Å². The van der Waals surface area contributed by atoms with Gasteiger partial charge in [-0.15, -0.1) is 0 Å². The van der Waals surface area contributed by atoms with Gasteiger partial charge in [0.2, 0.25) is 5.91 Å². The van der Waals surface area contributed by atoms with Gasteiger partial charge in [0.15, 0.2) is 0 Å². The molecule has 0 spiro atoms. The lowest BCUT2D eigenvalue weighted by Gasteiger charge is -2.10. The van der Waals surface area contributed by atoms with Crippen LogP contribution in [0.3, 0.4) is 0 Å². The molecule has 0 heterocycles. The number of carboxylic acids is 1. The maximum Gasteiger partial charge on any atom is 0.306 e. The van der Waals surface area contributed by atoms with Crippen molar-refractivity contribution in [2.24, 2.45) is 11.7 Å². The first kappa shape index (κ1) is 12.2. The van der Waals surface area contributed by atoms with Gasteiger partial charge in [0, 0.05) is 6.42 Å². The summed E-state index contributed by atoms with van der Waals surface area (Å²) in [4.78, 5) is 21.6. The SMILES string of the molecule is NC(=O)CCC(Cc1ccccc1)C(=O)O. The van der Waals surface area contributed by atoms with Crippen LogP contribution in [0.5, 0.6) is 0 Å². The average Bonchev–Trinajstić information content (AvgIpc) is 2.25. The Morgan fingerprint density at radius 2 is 1.88 bits per heavy atom. The molecule has 0 bridgehead atoms. The second-order valence-corrected chi connectivity index (χ2v) is 3.73. The summed E-state index contributed by atoms with van der Waals surface area (Å²) in [5.41, 5.74) is 5.96. The molecular weight excluding hydrogens is 206 g/mol. The fourth-order valence-corrected chi connectivity index (χ4v) is 1.53. The van der Waals surface area contributed by atoms with Gasteiger partial charge in [-0.25, -0.2) is 0 Å². The Hall–Kier alpha value is -1.84. The lowest BCUT2D eigenvalue weighted by Crippen LogP contribution is -2.20. The summed E-state index contributed by atoms with van der Waals surface area (Å²) in [5, 5.41) is 9.00. The Balaban J connectivity index is 2.58. The molecule has 1 atom stereocenters. The molecule has 1 aromatic rings. The van der Waals surface area contributed by atoms with Crippen LogP contribution in [0.2, 0.25) is 0 Å². The Morgan fingerprint density at radius 1 is 1.25 bits per heavy atom. The van der Waals surface area contributed by atoms with E-state index in [1.165, 1.54) is 0 Å². The van der Waals surface area contributed by atoms with Crippen LogP contribution in [0.25, 0.3) is 0 Å². The first-order chi connectivity index (χ1) is 7.59. The van der Waals surface area contributed by atoms with E-state index >= 15 is 0 Å². The molecule has 0 aliphatic carbocycles. The minimum absolute atomic E-state index is 0.115. The molecule has 86 valence electrons. The highest BCUT2D eigenvalue weighted by molar-refractivity contribution is 5.75. The summed E-state index contributed by atoms with van der Waals surface area (Å²) in [6.07, 6.45) is 0.840. The van der Waals surface area contributed by atoms with Gasteiger partial charge < -0.3 is 10.8 Å². The van der Waals surface area contributed by atoms with Gasteiger partial charge in [-0.3, -0.25) is 9.59 Å². The number of carboxylic acid groups (broad SMARTS) is 1. The third-order valence-corrected chi connectivity index (χ3v) is 2.41. The normalized spacial score (nSPS) is 12.0. The third-order valence-electron chi connectivity index (χ3n) is 2.41. The number of hydrogen-bond acceptors (Lipinski definition) is 2. The van der Waals surface area contributed by atoms with Gasteiger partial charge in [0.1, 0.15) is 0 Å². The highest BCUT2D eigenvalue weighted by Crippen LogP contribution is 2.14. The molecule has 1 amide bonds. The number of rotatable bonds is 6. The smallest absolute Gasteiger partial charge is 0.306 e. The van der Waals surface area contributed by atoms with Crippen molar-refractivity contribution < 1.29 is 14.7 Å². The molecule has 16 heavy (non-hydrogen) atoms. The monoisotopic (exact) mass is 221 g/mol. The summed E-state index contributed by atoms with van der Waals surface area (Å²) in [5.74, 6) is -1.89. The summed E-state index contributed by atoms with van der Waals surface area (Å²) in [7, 11) is 0. The van der Waals surface area contributed by atoms with Crippen LogP contribution in [0, 0.1) is 5.92 Å². The summed E-state index contributed by atoms with van der Waals surface area (Å²) < 4.78 is 0. The maximum atomic E-state index is 11.0. The molecular formula is C12H15NO3. The fourth-order valence-electron chi connectivity index (χ4n) is 1.53. The molecule has 1 rings (SSSR count). The minimum Gasteiger partial charge on any atom is -0.481 e. The van der Waals surface area contributed by atoms with Gasteiger partial charge in [-0.1, -0.05) is 30.3 Å². The number of aliphatic carboxylic acids is 1. The van der Waals surface area contributed by atoms with E-state index in [0.29, 0.717) is 12.8 Å². The average molecular weight is 221 g/mol. The number of amides is 1. The van der Waals surface area contributed by atoms with Crippen molar-refractivity contribution in [1.29, 1.82) is 0 Å². The number of carbonyl (C=O) groups excluding carboxylic acids is 1. The van der Waals surface area contributed by atoms with E-state index in [0.717, 1.165) is 5.56 Å². The highest BCUT2D eigenvalue weighted by Gasteiger charge is 2.18. The van der Waals surface area contributed by atoms with Crippen LogP contribution in [0.1, 0.15) is 18.4 Å². The van der Waals surface area contributed by atoms with Crippen LogP contribution in [0.4, 0.5) is 0 Å². The zero-order valence-electron chi connectivity index (χ0n) is 8.93. The predicted molar refractivity (Wildman–Crippen MR) is 59.7 cm³/mol.